The second-order valence-electron chi connectivity index (χ2n) is 2.20. The van der Waals surface area contributed by atoms with E-state index in [1.54, 1.807) is 12.3 Å². The van der Waals surface area contributed by atoms with Crippen molar-refractivity contribution < 1.29 is 0 Å². The zero-order valence-corrected chi connectivity index (χ0v) is 6.07. The standard InChI is InChI=1S/C7H5N5/c8-3-5-4-9-6-1-2-10-12-7(6)11-5/h1-2,4,10H,(H,11,12). The van der Waals surface area contributed by atoms with Gasteiger partial charge in [-0.15, -0.1) is 0 Å². The van der Waals surface area contributed by atoms with Crippen LogP contribution in [0.4, 0.5) is 5.82 Å². The molecular formula is C7H5N5. The summed E-state index contributed by atoms with van der Waals surface area (Å²) in [6, 6.07) is 1.91. The number of nitrogens with zero attached hydrogens (tertiary/aromatic N) is 3. The van der Waals surface area contributed by atoms with Crippen LogP contribution >= 0.6 is 0 Å². The first kappa shape index (κ1) is 6.61. The van der Waals surface area contributed by atoms with Crippen LogP contribution in [0, 0.1) is 11.3 Å². The van der Waals surface area contributed by atoms with Crippen molar-refractivity contribution in [2.45, 2.75) is 0 Å². The molecule has 0 bridgehead atoms. The summed E-state index contributed by atoms with van der Waals surface area (Å²) >= 11 is 0. The molecular weight excluding hydrogens is 154 g/mol. The van der Waals surface area contributed by atoms with E-state index in [2.05, 4.69) is 20.8 Å². The molecule has 0 atom stereocenters. The number of rotatable bonds is 0. The van der Waals surface area contributed by atoms with Crippen LogP contribution in [-0.4, -0.2) is 9.97 Å². The maximum Gasteiger partial charge on any atom is 0.172 e. The van der Waals surface area contributed by atoms with Crippen molar-refractivity contribution in [2.75, 3.05) is 5.43 Å². The first-order valence-corrected chi connectivity index (χ1v) is 3.35. The molecule has 2 N–H and O–H groups in total. The minimum absolute atomic E-state index is 0.304. The van der Waals surface area contributed by atoms with E-state index in [9.17, 15) is 0 Å². The molecule has 5 heteroatoms. The predicted molar refractivity (Wildman–Crippen MR) is 42.5 cm³/mol. The third-order valence-electron chi connectivity index (χ3n) is 1.43. The van der Waals surface area contributed by atoms with Crippen LogP contribution in [0.2, 0.25) is 0 Å². The van der Waals surface area contributed by atoms with Crippen LogP contribution in [0.15, 0.2) is 12.4 Å². The second kappa shape index (κ2) is 2.51. The number of nitrogens with one attached hydrogen (secondary N) is 2. The fourth-order valence-corrected chi connectivity index (χ4v) is 0.897. The van der Waals surface area contributed by atoms with Crippen molar-refractivity contribution in [3.63, 3.8) is 0 Å². The fraction of sp³-hybridized carbons (Fsp3) is 0. The topological polar surface area (TPSA) is 73.6 Å². The van der Waals surface area contributed by atoms with E-state index >= 15 is 0 Å². The molecule has 1 aliphatic heterocycles. The molecule has 58 valence electrons. The minimum Gasteiger partial charge on any atom is -0.307 e. The van der Waals surface area contributed by atoms with Gasteiger partial charge in [0.15, 0.2) is 11.5 Å². The first-order chi connectivity index (χ1) is 5.90. The highest BCUT2D eigenvalue weighted by atomic mass is 15.4. The van der Waals surface area contributed by atoms with E-state index in [-0.39, 0.29) is 0 Å². The van der Waals surface area contributed by atoms with Crippen LogP contribution in [0.25, 0.3) is 6.08 Å². The number of nitriles is 1. The van der Waals surface area contributed by atoms with Crippen molar-refractivity contribution in [3.8, 4) is 6.07 Å². The molecule has 0 fully saturated rings. The van der Waals surface area contributed by atoms with Crippen molar-refractivity contribution in [1.29, 1.82) is 5.26 Å². The Balaban J connectivity index is 2.53. The van der Waals surface area contributed by atoms with E-state index < -0.39 is 0 Å². The molecule has 0 aromatic carbocycles. The summed E-state index contributed by atoms with van der Waals surface area (Å²) < 4.78 is 0. The van der Waals surface area contributed by atoms with Gasteiger partial charge in [0.25, 0.3) is 0 Å². The Hall–Kier alpha value is -2.09. The molecule has 0 aliphatic carbocycles. The Morgan fingerprint density at radius 1 is 1.50 bits per heavy atom. The van der Waals surface area contributed by atoms with E-state index in [0.29, 0.717) is 11.5 Å². The van der Waals surface area contributed by atoms with Crippen molar-refractivity contribution >= 4 is 11.9 Å². The Kier molecular flexibility index (Phi) is 1.38. The second-order valence-corrected chi connectivity index (χ2v) is 2.20. The first-order valence-electron chi connectivity index (χ1n) is 3.35. The summed E-state index contributed by atoms with van der Waals surface area (Å²) in [5.41, 5.74) is 6.56. The van der Waals surface area contributed by atoms with Gasteiger partial charge < -0.3 is 5.43 Å². The largest absolute Gasteiger partial charge is 0.307 e. The van der Waals surface area contributed by atoms with Gasteiger partial charge in [0.2, 0.25) is 0 Å². The van der Waals surface area contributed by atoms with E-state index in [1.165, 1.54) is 6.20 Å². The lowest BCUT2D eigenvalue weighted by molar-refractivity contribution is 0.989. The van der Waals surface area contributed by atoms with Crippen molar-refractivity contribution in [1.82, 2.24) is 15.4 Å². The summed E-state index contributed by atoms with van der Waals surface area (Å²) in [7, 11) is 0. The molecule has 1 aliphatic rings. The molecule has 1 aromatic heterocycles. The van der Waals surface area contributed by atoms with Gasteiger partial charge in [-0.05, 0) is 6.08 Å². The van der Waals surface area contributed by atoms with Gasteiger partial charge in [0.05, 0.1) is 6.20 Å². The minimum atomic E-state index is 0.304. The molecule has 1 aromatic rings. The fourth-order valence-electron chi connectivity index (χ4n) is 0.897. The lowest BCUT2D eigenvalue weighted by atomic mass is 10.3. The number of hydrogen-bond acceptors (Lipinski definition) is 5. The molecule has 0 saturated carbocycles. The molecule has 2 rings (SSSR count). The maximum atomic E-state index is 8.52. The summed E-state index contributed by atoms with van der Waals surface area (Å²) in [5, 5.41) is 8.52. The molecule has 0 saturated heterocycles. The van der Waals surface area contributed by atoms with Crippen LogP contribution in [0.5, 0.6) is 0 Å². The molecule has 12 heavy (non-hydrogen) atoms. The number of aromatic nitrogens is 2. The summed E-state index contributed by atoms with van der Waals surface area (Å²) in [5.74, 6) is 0.580. The molecule has 5 nitrogen and oxygen atoms in total. The number of anilines is 1. The van der Waals surface area contributed by atoms with Crippen LogP contribution in [0.1, 0.15) is 11.4 Å². The maximum absolute atomic E-state index is 8.52. The van der Waals surface area contributed by atoms with E-state index in [1.807, 2.05) is 6.07 Å². The summed E-state index contributed by atoms with van der Waals surface area (Å²) in [6.07, 6.45) is 4.93. The zero-order valence-electron chi connectivity index (χ0n) is 6.07. The van der Waals surface area contributed by atoms with Gasteiger partial charge in [-0.25, -0.2) is 9.97 Å². The van der Waals surface area contributed by atoms with Gasteiger partial charge >= 0.3 is 0 Å². The monoisotopic (exact) mass is 159 g/mol. The molecule has 0 spiro atoms. The SMILES string of the molecule is N#Cc1cnc2c(n1)NNC=C2. The van der Waals surface area contributed by atoms with Gasteiger partial charge in [-0.2, -0.15) is 5.26 Å². The van der Waals surface area contributed by atoms with Crippen molar-refractivity contribution in [3.05, 3.63) is 23.8 Å². The summed E-state index contributed by atoms with van der Waals surface area (Å²) in [4.78, 5) is 8.00. The zero-order chi connectivity index (χ0) is 8.39. The molecule has 0 radical (unpaired) electrons. The third-order valence-corrected chi connectivity index (χ3v) is 1.43. The number of hydrogen-bond donors (Lipinski definition) is 2. The van der Waals surface area contributed by atoms with Crippen LogP contribution < -0.4 is 10.9 Å². The summed E-state index contributed by atoms with van der Waals surface area (Å²) in [6.45, 7) is 0. The van der Waals surface area contributed by atoms with Crippen molar-refractivity contribution in [2.24, 2.45) is 0 Å². The van der Waals surface area contributed by atoms with Gasteiger partial charge in [-0.1, -0.05) is 0 Å². The van der Waals surface area contributed by atoms with Crippen LogP contribution in [0.3, 0.4) is 0 Å². The normalized spacial score (nSPS) is 12.2. The highest BCUT2D eigenvalue weighted by molar-refractivity contribution is 5.61. The molecule has 2 heterocycles. The van der Waals surface area contributed by atoms with Gasteiger partial charge in [0, 0.05) is 6.20 Å². The highest BCUT2D eigenvalue weighted by Crippen LogP contribution is 2.12. The van der Waals surface area contributed by atoms with E-state index in [0.717, 1.165) is 5.69 Å². The van der Waals surface area contributed by atoms with Gasteiger partial charge in [0.1, 0.15) is 11.8 Å². The Morgan fingerprint density at radius 3 is 3.25 bits per heavy atom. The van der Waals surface area contributed by atoms with Gasteiger partial charge in [-0.3, -0.25) is 5.43 Å². The Morgan fingerprint density at radius 2 is 2.42 bits per heavy atom. The predicted octanol–water partition coefficient (Wildman–Crippen LogP) is 0.249. The quantitative estimate of drug-likeness (QED) is 0.567. The van der Waals surface area contributed by atoms with Crippen LogP contribution in [-0.2, 0) is 0 Å². The lowest BCUT2D eigenvalue weighted by Gasteiger charge is -2.11. The highest BCUT2D eigenvalue weighted by Gasteiger charge is 2.06. The Bertz CT molecular complexity index is 376. The molecule has 0 amide bonds. The smallest absolute Gasteiger partial charge is 0.172 e. The average Bonchev–Trinajstić information content (AvgIpc) is 2.17. The number of fused-ring (bicyclic) bond motifs is 1. The average molecular weight is 159 g/mol. The Labute approximate surface area is 68.7 Å². The number of hydrazine groups is 1. The lowest BCUT2D eigenvalue weighted by Crippen LogP contribution is -2.20. The van der Waals surface area contributed by atoms with E-state index in [4.69, 9.17) is 5.26 Å². The molecule has 0 unspecified atom stereocenters. The third kappa shape index (κ3) is 0.953.